The number of benzene rings is 1. The summed E-state index contributed by atoms with van der Waals surface area (Å²) in [4.78, 5) is 16.2. The molecule has 2 bridgehead atoms. The zero-order valence-electron chi connectivity index (χ0n) is 12.4. The molecule has 0 saturated carbocycles. The van der Waals surface area contributed by atoms with Crippen molar-refractivity contribution in [2.45, 2.75) is 56.8 Å². The maximum atomic E-state index is 12.7. The summed E-state index contributed by atoms with van der Waals surface area (Å²) in [6.45, 7) is 0.178. The van der Waals surface area contributed by atoms with Crippen LogP contribution in [-0.2, 0) is 11.3 Å². The maximum absolute atomic E-state index is 12.7. The van der Waals surface area contributed by atoms with E-state index in [9.17, 15) is 9.90 Å². The van der Waals surface area contributed by atoms with Crippen LogP contribution in [0.4, 0.5) is 0 Å². The average molecular weight is 300 g/mol. The van der Waals surface area contributed by atoms with Crippen molar-refractivity contribution in [1.29, 1.82) is 0 Å². The van der Waals surface area contributed by atoms with E-state index in [0.29, 0.717) is 12.8 Å². The number of nitrogens with zero attached hydrogens (tertiary/aromatic N) is 4. The lowest BCUT2D eigenvalue weighted by Gasteiger charge is -2.47. The number of carbonyl (C=O) groups excluding carboxylic acids is 1. The van der Waals surface area contributed by atoms with Crippen LogP contribution in [0.2, 0.25) is 0 Å². The zero-order chi connectivity index (χ0) is 15.1. The van der Waals surface area contributed by atoms with Crippen molar-refractivity contribution in [3.63, 3.8) is 0 Å². The molecule has 0 aliphatic carbocycles. The molecule has 2 fully saturated rings. The monoisotopic (exact) mass is 300 g/mol. The van der Waals surface area contributed by atoms with Gasteiger partial charge in [-0.25, -0.2) is 0 Å². The lowest BCUT2D eigenvalue weighted by molar-refractivity contribution is -0.145. The van der Waals surface area contributed by atoms with Gasteiger partial charge in [0, 0.05) is 12.1 Å². The van der Waals surface area contributed by atoms with Crippen LogP contribution in [-0.4, -0.2) is 49.1 Å². The predicted octanol–water partition coefficient (Wildman–Crippen LogP) is 1.34. The smallest absolute Gasteiger partial charge is 0.246 e. The standard InChI is InChI=1S/C16H20N4O2/c21-13-8-11-4-3-5-12(9-13)20(11)16(22)10-19-17-14-6-1-2-7-15(14)18-19/h1-2,6-7,11-13,21H,3-5,8-10H2/t11-,12+,13?. The molecule has 116 valence electrons. The van der Waals surface area contributed by atoms with Crippen molar-refractivity contribution in [3.05, 3.63) is 24.3 Å². The Morgan fingerprint density at radius 1 is 1.14 bits per heavy atom. The average Bonchev–Trinajstić information content (AvgIpc) is 2.88. The third-order valence-corrected chi connectivity index (χ3v) is 4.84. The SMILES string of the molecule is O=C(Cn1nc2ccccc2n1)N1[C@@H]2CCC[C@H]1CC(O)C2. The molecule has 0 radical (unpaired) electrons. The van der Waals surface area contributed by atoms with Crippen LogP contribution < -0.4 is 0 Å². The number of aliphatic hydroxyl groups excluding tert-OH is 1. The molecule has 0 spiro atoms. The highest BCUT2D eigenvalue weighted by molar-refractivity contribution is 5.78. The van der Waals surface area contributed by atoms with Gasteiger partial charge in [0.15, 0.2) is 0 Å². The minimum absolute atomic E-state index is 0.0712. The Morgan fingerprint density at radius 2 is 1.73 bits per heavy atom. The van der Waals surface area contributed by atoms with Gasteiger partial charge in [-0.15, -0.1) is 0 Å². The minimum atomic E-state index is -0.259. The molecule has 2 aliphatic heterocycles. The first-order valence-corrected chi connectivity index (χ1v) is 8.00. The van der Waals surface area contributed by atoms with E-state index in [1.165, 1.54) is 4.80 Å². The van der Waals surface area contributed by atoms with Crippen LogP contribution in [0.5, 0.6) is 0 Å². The van der Waals surface area contributed by atoms with Crippen LogP contribution in [0.3, 0.4) is 0 Å². The van der Waals surface area contributed by atoms with Gasteiger partial charge in [0.2, 0.25) is 5.91 Å². The molecular weight excluding hydrogens is 280 g/mol. The summed E-state index contributed by atoms with van der Waals surface area (Å²) in [7, 11) is 0. The first-order valence-electron chi connectivity index (χ1n) is 8.00. The lowest BCUT2D eigenvalue weighted by Crippen LogP contribution is -2.56. The zero-order valence-corrected chi connectivity index (χ0v) is 12.4. The van der Waals surface area contributed by atoms with Crippen molar-refractivity contribution >= 4 is 16.9 Å². The van der Waals surface area contributed by atoms with Gasteiger partial charge in [-0.05, 0) is 44.2 Å². The van der Waals surface area contributed by atoms with Crippen molar-refractivity contribution < 1.29 is 9.90 Å². The van der Waals surface area contributed by atoms with Gasteiger partial charge in [-0.1, -0.05) is 12.1 Å². The Labute approximate surface area is 128 Å². The summed E-state index contributed by atoms with van der Waals surface area (Å²) in [5.41, 5.74) is 1.62. The number of aliphatic hydroxyl groups is 1. The van der Waals surface area contributed by atoms with E-state index >= 15 is 0 Å². The molecule has 6 heteroatoms. The van der Waals surface area contributed by atoms with Crippen molar-refractivity contribution in [2.75, 3.05) is 0 Å². The van der Waals surface area contributed by atoms with Gasteiger partial charge in [-0.2, -0.15) is 15.0 Å². The Balaban J connectivity index is 1.54. The molecule has 3 heterocycles. The van der Waals surface area contributed by atoms with E-state index < -0.39 is 0 Å². The Bertz CT molecular complexity index is 651. The first-order chi connectivity index (χ1) is 10.7. The fourth-order valence-electron chi connectivity index (χ4n) is 3.94. The first kappa shape index (κ1) is 13.7. The van der Waals surface area contributed by atoms with E-state index in [4.69, 9.17) is 0 Å². The van der Waals surface area contributed by atoms with Crippen LogP contribution in [0.1, 0.15) is 32.1 Å². The second-order valence-corrected chi connectivity index (χ2v) is 6.38. The summed E-state index contributed by atoms with van der Waals surface area (Å²) in [6, 6.07) is 7.99. The second kappa shape index (κ2) is 5.35. The third-order valence-electron chi connectivity index (χ3n) is 4.84. The van der Waals surface area contributed by atoms with Gasteiger partial charge >= 0.3 is 0 Å². The van der Waals surface area contributed by atoms with Gasteiger partial charge in [0.25, 0.3) is 0 Å². The van der Waals surface area contributed by atoms with E-state index in [1.54, 1.807) is 0 Å². The molecule has 1 aromatic carbocycles. The van der Waals surface area contributed by atoms with E-state index in [0.717, 1.165) is 30.3 Å². The lowest BCUT2D eigenvalue weighted by atomic mass is 9.83. The topological polar surface area (TPSA) is 71.2 Å². The Morgan fingerprint density at radius 3 is 2.32 bits per heavy atom. The van der Waals surface area contributed by atoms with Gasteiger partial charge in [0.05, 0.1) is 6.10 Å². The maximum Gasteiger partial charge on any atom is 0.246 e. The van der Waals surface area contributed by atoms with Crippen LogP contribution >= 0.6 is 0 Å². The molecule has 2 saturated heterocycles. The van der Waals surface area contributed by atoms with Crippen molar-refractivity contribution in [2.24, 2.45) is 0 Å². The summed E-state index contributed by atoms with van der Waals surface area (Å²) >= 11 is 0. The number of hydrogen-bond acceptors (Lipinski definition) is 4. The molecule has 2 aromatic rings. The predicted molar refractivity (Wildman–Crippen MR) is 81.0 cm³/mol. The molecule has 3 atom stereocenters. The number of rotatable bonds is 2. The summed E-state index contributed by atoms with van der Waals surface area (Å²) in [5, 5.41) is 18.7. The molecule has 4 rings (SSSR count). The molecular formula is C16H20N4O2. The number of aromatic nitrogens is 3. The van der Waals surface area contributed by atoms with Crippen LogP contribution in [0, 0.1) is 0 Å². The largest absolute Gasteiger partial charge is 0.393 e. The Hall–Kier alpha value is -1.95. The molecule has 2 aliphatic rings. The van der Waals surface area contributed by atoms with E-state index in [2.05, 4.69) is 10.2 Å². The normalized spacial score (nSPS) is 28.0. The fraction of sp³-hybridized carbons (Fsp3) is 0.562. The quantitative estimate of drug-likeness (QED) is 0.908. The van der Waals surface area contributed by atoms with E-state index in [1.807, 2.05) is 29.2 Å². The van der Waals surface area contributed by atoms with Gasteiger partial charge in [0.1, 0.15) is 17.6 Å². The Kier molecular flexibility index (Phi) is 3.33. The molecule has 1 amide bonds. The third kappa shape index (κ3) is 2.37. The van der Waals surface area contributed by atoms with Crippen LogP contribution in [0.25, 0.3) is 11.0 Å². The molecule has 1 aromatic heterocycles. The second-order valence-electron chi connectivity index (χ2n) is 6.38. The van der Waals surface area contributed by atoms with Gasteiger partial charge < -0.3 is 10.0 Å². The highest BCUT2D eigenvalue weighted by Gasteiger charge is 2.40. The van der Waals surface area contributed by atoms with Crippen LogP contribution in [0.15, 0.2) is 24.3 Å². The molecule has 6 nitrogen and oxygen atoms in total. The number of hydrogen-bond donors (Lipinski definition) is 1. The number of fused-ring (bicyclic) bond motifs is 3. The summed E-state index contributed by atoms with van der Waals surface area (Å²) < 4.78 is 0. The molecule has 22 heavy (non-hydrogen) atoms. The number of carbonyl (C=O) groups is 1. The van der Waals surface area contributed by atoms with Gasteiger partial charge in [-0.3, -0.25) is 4.79 Å². The highest BCUT2D eigenvalue weighted by atomic mass is 16.3. The summed E-state index contributed by atoms with van der Waals surface area (Å²) in [6.07, 6.45) is 4.29. The highest BCUT2D eigenvalue weighted by Crippen LogP contribution is 2.34. The van der Waals surface area contributed by atoms with Crippen molar-refractivity contribution in [1.82, 2.24) is 19.9 Å². The molecule has 1 N–H and O–H groups in total. The number of amides is 1. The fourth-order valence-corrected chi connectivity index (χ4v) is 3.94. The van der Waals surface area contributed by atoms with Crippen molar-refractivity contribution in [3.8, 4) is 0 Å². The summed E-state index contributed by atoms with van der Waals surface area (Å²) in [5.74, 6) is 0.0712. The molecule has 1 unspecified atom stereocenters. The number of piperidine rings is 2. The minimum Gasteiger partial charge on any atom is -0.393 e. The van der Waals surface area contributed by atoms with E-state index in [-0.39, 0.29) is 30.6 Å².